The summed E-state index contributed by atoms with van der Waals surface area (Å²) in [7, 11) is 0. The Labute approximate surface area is 67.0 Å². The molecule has 2 nitrogen and oxygen atoms in total. The molecule has 11 heavy (non-hydrogen) atoms. The van der Waals surface area contributed by atoms with Gasteiger partial charge in [0.1, 0.15) is 0 Å². The topological polar surface area (TPSA) is 28.7 Å². The van der Waals surface area contributed by atoms with E-state index in [9.17, 15) is 0 Å². The van der Waals surface area contributed by atoms with Gasteiger partial charge in [0.2, 0.25) is 0 Å². The average molecular weight is 150 g/mol. The second kappa shape index (κ2) is 3.07. The lowest BCUT2D eigenvalue weighted by Crippen LogP contribution is -2.04. The summed E-state index contributed by atoms with van der Waals surface area (Å²) in [6.07, 6.45) is 8.79. The van der Waals surface area contributed by atoms with E-state index < -0.39 is 0 Å². The van der Waals surface area contributed by atoms with Crippen LogP contribution in [-0.2, 0) is 0 Å². The third-order valence-electron chi connectivity index (χ3n) is 2.55. The zero-order valence-electron chi connectivity index (χ0n) is 6.71. The largest absolute Gasteiger partial charge is 0.285 e. The molecular formula is C9H14N2. The van der Waals surface area contributed by atoms with E-state index in [1.54, 1.807) is 0 Å². The molecule has 2 heteroatoms. The van der Waals surface area contributed by atoms with Crippen LogP contribution in [-0.4, -0.2) is 10.2 Å². The van der Waals surface area contributed by atoms with Gasteiger partial charge in [0, 0.05) is 12.1 Å². The Bertz CT molecular complexity index is 197. The molecule has 1 saturated carbocycles. The standard InChI is InChI=1S/C9H14N2/c1-2-4-8(5-3-1)9-6-7-10-11-9/h6-8H,1-5H2,(H,10,11). The first-order valence-corrected chi connectivity index (χ1v) is 4.46. The SMILES string of the molecule is c1cc(C2CCCCC2)n[nH]1. The van der Waals surface area contributed by atoms with Crippen LogP contribution in [0.15, 0.2) is 12.3 Å². The zero-order valence-corrected chi connectivity index (χ0v) is 6.71. The van der Waals surface area contributed by atoms with Gasteiger partial charge in [-0.1, -0.05) is 19.3 Å². The van der Waals surface area contributed by atoms with Gasteiger partial charge in [-0.3, -0.25) is 5.10 Å². The second-order valence-electron chi connectivity index (χ2n) is 3.33. The van der Waals surface area contributed by atoms with E-state index in [1.165, 1.54) is 37.8 Å². The molecule has 1 heterocycles. The van der Waals surface area contributed by atoms with E-state index in [1.807, 2.05) is 6.20 Å². The highest BCUT2D eigenvalue weighted by Crippen LogP contribution is 2.30. The first kappa shape index (κ1) is 6.89. The molecule has 1 fully saturated rings. The maximum atomic E-state index is 4.21. The summed E-state index contributed by atoms with van der Waals surface area (Å²) < 4.78 is 0. The van der Waals surface area contributed by atoms with Crippen molar-refractivity contribution in [1.82, 2.24) is 10.2 Å². The lowest BCUT2D eigenvalue weighted by molar-refractivity contribution is 0.436. The molecule has 60 valence electrons. The average Bonchev–Trinajstić information content (AvgIpc) is 2.58. The van der Waals surface area contributed by atoms with Crippen molar-refractivity contribution in [2.45, 2.75) is 38.0 Å². The smallest absolute Gasteiger partial charge is 0.0652 e. The Hall–Kier alpha value is -0.790. The van der Waals surface area contributed by atoms with Crippen LogP contribution in [0.25, 0.3) is 0 Å². The van der Waals surface area contributed by atoms with Gasteiger partial charge in [-0.25, -0.2) is 0 Å². The fourth-order valence-electron chi connectivity index (χ4n) is 1.90. The highest BCUT2D eigenvalue weighted by Gasteiger charge is 2.16. The van der Waals surface area contributed by atoms with Crippen LogP contribution in [0.3, 0.4) is 0 Å². The minimum absolute atomic E-state index is 0.745. The molecule has 0 saturated heterocycles. The lowest BCUT2D eigenvalue weighted by Gasteiger charge is -2.18. The molecule has 0 atom stereocenters. The van der Waals surface area contributed by atoms with Crippen LogP contribution in [0.1, 0.15) is 43.7 Å². The molecule has 1 aliphatic rings. The van der Waals surface area contributed by atoms with Crippen molar-refractivity contribution < 1.29 is 0 Å². The molecule has 0 radical (unpaired) electrons. The molecule has 1 aromatic rings. The van der Waals surface area contributed by atoms with Crippen molar-refractivity contribution in [3.8, 4) is 0 Å². The summed E-state index contributed by atoms with van der Waals surface area (Å²) in [4.78, 5) is 0. The van der Waals surface area contributed by atoms with Gasteiger partial charge in [0.05, 0.1) is 5.69 Å². The highest BCUT2D eigenvalue weighted by molar-refractivity contribution is 5.05. The maximum Gasteiger partial charge on any atom is 0.0652 e. The van der Waals surface area contributed by atoms with E-state index >= 15 is 0 Å². The monoisotopic (exact) mass is 150 g/mol. The summed E-state index contributed by atoms with van der Waals surface area (Å²) in [6, 6.07) is 2.11. The molecular weight excluding hydrogens is 136 g/mol. The fraction of sp³-hybridized carbons (Fsp3) is 0.667. The summed E-state index contributed by atoms with van der Waals surface area (Å²) in [5.41, 5.74) is 1.27. The number of aromatic amines is 1. The second-order valence-corrected chi connectivity index (χ2v) is 3.33. The number of hydrogen-bond donors (Lipinski definition) is 1. The molecule has 0 aromatic carbocycles. The number of aromatic nitrogens is 2. The molecule has 0 aliphatic heterocycles. The quantitative estimate of drug-likeness (QED) is 0.654. The van der Waals surface area contributed by atoms with Crippen LogP contribution in [0.2, 0.25) is 0 Å². The third kappa shape index (κ3) is 1.44. The predicted octanol–water partition coefficient (Wildman–Crippen LogP) is 2.46. The minimum Gasteiger partial charge on any atom is -0.285 e. The van der Waals surface area contributed by atoms with Crippen molar-refractivity contribution in [2.24, 2.45) is 0 Å². The van der Waals surface area contributed by atoms with Crippen LogP contribution < -0.4 is 0 Å². The van der Waals surface area contributed by atoms with Crippen molar-refractivity contribution in [3.63, 3.8) is 0 Å². The van der Waals surface area contributed by atoms with Crippen molar-refractivity contribution >= 4 is 0 Å². The van der Waals surface area contributed by atoms with Crippen LogP contribution in [0.5, 0.6) is 0 Å². The van der Waals surface area contributed by atoms with Gasteiger partial charge in [0.15, 0.2) is 0 Å². The number of nitrogens with one attached hydrogen (secondary N) is 1. The molecule has 0 unspecified atom stereocenters. The van der Waals surface area contributed by atoms with E-state index in [-0.39, 0.29) is 0 Å². The van der Waals surface area contributed by atoms with Gasteiger partial charge in [-0.05, 0) is 18.9 Å². The normalized spacial score (nSPS) is 20.4. The molecule has 1 aromatic heterocycles. The van der Waals surface area contributed by atoms with E-state index in [4.69, 9.17) is 0 Å². The van der Waals surface area contributed by atoms with E-state index in [2.05, 4.69) is 16.3 Å². The van der Waals surface area contributed by atoms with Crippen molar-refractivity contribution in [1.29, 1.82) is 0 Å². The lowest BCUT2D eigenvalue weighted by atomic mass is 9.87. The number of rotatable bonds is 1. The van der Waals surface area contributed by atoms with Crippen LogP contribution in [0.4, 0.5) is 0 Å². The van der Waals surface area contributed by atoms with Gasteiger partial charge < -0.3 is 0 Å². The molecule has 2 rings (SSSR count). The maximum absolute atomic E-state index is 4.21. The summed E-state index contributed by atoms with van der Waals surface area (Å²) in [6.45, 7) is 0. The molecule has 0 spiro atoms. The summed E-state index contributed by atoms with van der Waals surface area (Å²) >= 11 is 0. The van der Waals surface area contributed by atoms with Crippen LogP contribution in [0, 0.1) is 0 Å². The first-order chi connectivity index (χ1) is 5.47. The zero-order chi connectivity index (χ0) is 7.52. The number of nitrogens with zero attached hydrogens (tertiary/aromatic N) is 1. The van der Waals surface area contributed by atoms with Gasteiger partial charge >= 0.3 is 0 Å². The molecule has 0 bridgehead atoms. The predicted molar refractivity (Wildman–Crippen MR) is 44.4 cm³/mol. The summed E-state index contributed by atoms with van der Waals surface area (Å²) in [5.74, 6) is 0.745. The number of hydrogen-bond acceptors (Lipinski definition) is 1. The third-order valence-corrected chi connectivity index (χ3v) is 2.55. The first-order valence-electron chi connectivity index (χ1n) is 4.46. The Balaban J connectivity index is 2.04. The Morgan fingerprint density at radius 2 is 2.09 bits per heavy atom. The van der Waals surface area contributed by atoms with E-state index in [0.29, 0.717) is 0 Å². The molecule has 0 amide bonds. The summed E-state index contributed by atoms with van der Waals surface area (Å²) in [5, 5.41) is 7.09. The van der Waals surface area contributed by atoms with Gasteiger partial charge in [0.25, 0.3) is 0 Å². The minimum atomic E-state index is 0.745. The molecule has 1 N–H and O–H groups in total. The fourth-order valence-corrected chi connectivity index (χ4v) is 1.90. The Morgan fingerprint density at radius 1 is 1.27 bits per heavy atom. The van der Waals surface area contributed by atoms with Crippen LogP contribution >= 0.6 is 0 Å². The van der Waals surface area contributed by atoms with Gasteiger partial charge in [-0.15, -0.1) is 0 Å². The Kier molecular flexibility index (Phi) is 1.93. The van der Waals surface area contributed by atoms with Crippen molar-refractivity contribution in [2.75, 3.05) is 0 Å². The Morgan fingerprint density at radius 3 is 2.73 bits per heavy atom. The van der Waals surface area contributed by atoms with Crippen molar-refractivity contribution in [3.05, 3.63) is 18.0 Å². The molecule has 1 aliphatic carbocycles. The van der Waals surface area contributed by atoms with E-state index in [0.717, 1.165) is 5.92 Å². The number of H-pyrrole nitrogens is 1. The highest BCUT2D eigenvalue weighted by atomic mass is 15.1. The van der Waals surface area contributed by atoms with Gasteiger partial charge in [-0.2, -0.15) is 5.10 Å².